The highest BCUT2D eigenvalue weighted by molar-refractivity contribution is 5.92. The fourth-order valence-electron chi connectivity index (χ4n) is 3.55. The molecule has 0 spiro atoms. The van der Waals surface area contributed by atoms with Crippen molar-refractivity contribution >= 4 is 17.5 Å². The van der Waals surface area contributed by atoms with Crippen molar-refractivity contribution in [3.05, 3.63) is 114 Å². The molecule has 0 saturated heterocycles. The van der Waals surface area contributed by atoms with Crippen molar-refractivity contribution in [1.82, 2.24) is 19.1 Å². The highest BCUT2D eigenvalue weighted by Crippen LogP contribution is 2.19. The molecule has 0 fully saturated rings. The van der Waals surface area contributed by atoms with Crippen LogP contribution in [0.25, 0.3) is 0 Å². The molecule has 0 atom stereocenters. The van der Waals surface area contributed by atoms with E-state index in [0.717, 1.165) is 16.8 Å². The summed E-state index contributed by atoms with van der Waals surface area (Å²) in [6, 6.07) is 8.81. The highest BCUT2D eigenvalue weighted by atomic mass is 19.2. The summed E-state index contributed by atoms with van der Waals surface area (Å²) in [7, 11) is 1.46. The van der Waals surface area contributed by atoms with Gasteiger partial charge in [-0.25, -0.2) is 27.3 Å². The van der Waals surface area contributed by atoms with Crippen molar-refractivity contribution < 1.29 is 22.7 Å². The lowest BCUT2D eigenvalue weighted by atomic mass is 10.2. The minimum atomic E-state index is -1.69. The van der Waals surface area contributed by atoms with Crippen LogP contribution in [0.2, 0.25) is 0 Å². The Kier molecular flexibility index (Phi) is 7.14. The molecule has 11 nitrogen and oxygen atoms in total. The van der Waals surface area contributed by atoms with Gasteiger partial charge in [0.05, 0.1) is 25.8 Å². The molecule has 0 aliphatic rings. The summed E-state index contributed by atoms with van der Waals surface area (Å²) in [6.07, 6.45) is 1.08. The Balaban J connectivity index is 1.84. The summed E-state index contributed by atoms with van der Waals surface area (Å²) in [6.45, 7) is -1.13. The summed E-state index contributed by atoms with van der Waals surface area (Å²) in [5, 5.41) is 2.79. The summed E-state index contributed by atoms with van der Waals surface area (Å²) in [4.78, 5) is 56.2. The standard InChI is InChI=1S/C24H19F3N6O5/c1-38-16-4-2-15(3-5-16)30-22-31-23(36)33(11-14-8-13(20(28)34)9-29-21(14)35)24(37)32(22)10-12-6-17(25)19(27)18(26)7-12/h2-9H,10-11H2,1H3,(H2,28,34)(H,29,35)(H,30,31,36). The maximum absolute atomic E-state index is 13.9. The zero-order valence-electron chi connectivity index (χ0n) is 19.6. The van der Waals surface area contributed by atoms with E-state index in [-0.39, 0.29) is 22.6 Å². The zero-order chi connectivity index (χ0) is 27.6. The fraction of sp³-hybridized carbons (Fsp3) is 0.125. The second-order valence-corrected chi connectivity index (χ2v) is 8.01. The Hall–Kier alpha value is -5.14. The molecule has 4 rings (SSSR count). The number of carbonyl (C=O) groups excluding carboxylic acids is 1. The minimum absolute atomic E-state index is 0.0732. The topological polar surface area (TPSA) is 154 Å². The molecule has 0 bridgehead atoms. The van der Waals surface area contributed by atoms with E-state index in [1.165, 1.54) is 7.11 Å². The first-order valence-electron chi connectivity index (χ1n) is 10.8. The van der Waals surface area contributed by atoms with Gasteiger partial charge in [-0.2, -0.15) is 4.98 Å². The molecule has 0 saturated carbocycles. The smallest absolute Gasteiger partial charge is 0.355 e. The number of hydrogen-bond acceptors (Lipinski definition) is 7. The number of nitrogens with zero attached hydrogens (tertiary/aromatic N) is 3. The van der Waals surface area contributed by atoms with E-state index < -0.39 is 53.4 Å². The number of nitrogens with two attached hydrogens (primary N) is 1. The number of carbonyl (C=O) groups is 1. The summed E-state index contributed by atoms with van der Waals surface area (Å²) in [5.74, 6) is -5.27. The number of hydrogen-bond donors (Lipinski definition) is 3. The second kappa shape index (κ2) is 10.5. The zero-order valence-corrected chi connectivity index (χ0v) is 19.6. The van der Waals surface area contributed by atoms with Gasteiger partial charge in [0, 0.05) is 17.4 Å². The third kappa shape index (κ3) is 5.33. The van der Waals surface area contributed by atoms with Crippen LogP contribution in [0, 0.1) is 17.5 Å². The lowest BCUT2D eigenvalue weighted by Gasteiger charge is -2.16. The molecule has 2 heterocycles. The van der Waals surface area contributed by atoms with Gasteiger partial charge in [0.25, 0.3) is 5.56 Å². The maximum atomic E-state index is 13.9. The van der Waals surface area contributed by atoms with E-state index in [0.29, 0.717) is 28.1 Å². The summed E-state index contributed by atoms with van der Waals surface area (Å²) in [5.41, 5.74) is 2.45. The lowest BCUT2D eigenvalue weighted by molar-refractivity contribution is 0.0999. The quantitative estimate of drug-likeness (QED) is 0.293. The van der Waals surface area contributed by atoms with Gasteiger partial charge in [0.2, 0.25) is 11.9 Å². The number of ether oxygens (including phenoxy) is 1. The number of halogens is 3. The van der Waals surface area contributed by atoms with Crippen LogP contribution in [0.1, 0.15) is 21.5 Å². The molecular formula is C24H19F3N6O5. The van der Waals surface area contributed by atoms with Crippen molar-refractivity contribution in [1.29, 1.82) is 0 Å². The highest BCUT2D eigenvalue weighted by Gasteiger charge is 2.18. The van der Waals surface area contributed by atoms with Crippen LogP contribution in [0.3, 0.4) is 0 Å². The number of rotatable bonds is 8. The molecule has 38 heavy (non-hydrogen) atoms. The van der Waals surface area contributed by atoms with Crippen LogP contribution in [0.4, 0.5) is 24.8 Å². The summed E-state index contributed by atoms with van der Waals surface area (Å²) < 4.78 is 47.8. The van der Waals surface area contributed by atoms with Crippen molar-refractivity contribution in [3.8, 4) is 5.75 Å². The molecule has 196 valence electrons. The minimum Gasteiger partial charge on any atom is -0.497 e. The number of aromatic amines is 1. The largest absolute Gasteiger partial charge is 0.497 e. The van der Waals surface area contributed by atoms with Crippen molar-refractivity contribution in [2.45, 2.75) is 13.1 Å². The van der Waals surface area contributed by atoms with E-state index >= 15 is 0 Å². The molecule has 0 unspecified atom stereocenters. The Morgan fingerprint density at radius 1 is 1.03 bits per heavy atom. The lowest BCUT2D eigenvalue weighted by Crippen LogP contribution is -2.43. The number of pyridine rings is 1. The van der Waals surface area contributed by atoms with Crippen LogP contribution in [-0.2, 0) is 13.1 Å². The Bertz CT molecular complexity index is 1690. The maximum Gasteiger partial charge on any atom is 0.355 e. The van der Waals surface area contributed by atoms with E-state index in [9.17, 15) is 32.3 Å². The van der Waals surface area contributed by atoms with E-state index in [1.807, 2.05) is 0 Å². The van der Waals surface area contributed by atoms with Crippen LogP contribution in [0.15, 0.2) is 63.0 Å². The molecule has 4 N–H and O–H groups in total. The van der Waals surface area contributed by atoms with E-state index in [2.05, 4.69) is 15.3 Å². The predicted molar refractivity (Wildman–Crippen MR) is 129 cm³/mol. The first-order valence-corrected chi connectivity index (χ1v) is 10.8. The first kappa shape index (κ1) is 25.9. The van der Waals surface area contributed by atoms with E-state index in [4.69, 9.17) is 10.5 Å². The van der Waals surface area contributed by atoms with Crippen LogP contribution in [0.5, 0.6) is 5.75 Å². The number of primary amides is 1. The van der Waals surface area contributed by atoms with Gasteiger partial charge in [-0.15, -0.1) is 0 Å². The van der Waals surface area contributed by atoms with Gasteiger partial charge >= 0.3 is 11.4 Å². The molecular weight excluding hydrogens is 509 g/mol. The van der Waals surface area contributed by atoms with Crippen LogP contribution >= 0.6 is 0 Å². The van der Waals surface area contributed by atoms with Crippen LogP contribution < -0.4 is 32.7 Å². The number of aromatic nitrogens is 4. The predicted octanol–water partition coefficient (Wildman–Crippen LogP) is 1.46. The molecule has 14 heteroatoms. The van der Waals surface area contributed by atoms with Gasteiger partial charge in [-0.1, -0.05) is 0 Å². The molecule has 4 aromatic rings. The monoisotopic (exact) mass is 528 g/mol. The van der Waals surface area contributed by atoms with Crippen LogP contribution in [-0.4, -0.2) is 32.1 Å². The number of nitrogens with one attached hydrogen (secondary N) is 2. The second-order valence-electron chi connectivity index (χ2n) is 8.01. The normalized spacial score (nSPS) is 10.8. The molecule has 2 aromatic carbocycles. The summed E-state index contributed by atoms with van der Waals surface area (Å²) >= 11 is 0. The van der Waals surface area contributed by atoms with Gasteiger partial charge < -0.3 is 20.8 Å². The SMILES string of the molecule is COc1ccc(Nc2nc(=O)n(Cc3cc(C(N)=O)c[nH]c3=O)c(=O)n2Cc2cc(F)c(F)c(F)c2)cc1. The molecule has 0 aliphatic heterocycles. The number of H-pyrrole nitrogens is 1. The Morgan fingerprint density at radius 2 is 1.68 bits per heavy atom. The van der Waals surface area contributed by atoms with Gasteiger partial charge in [0.15, 0.2) is 17.5 Å². The van der Waals surface area contributed by atoms with Crippen molar-refractivity contribution in [2.24, 2.45) is 5.73 Å². The van der Waals surface area contributed by atoms with Gasteiger partial charge in [-0.3, -0.25) is 14.2 Å². The third-order valence-electron chi connectivity index (χ3n) is 5.47. The van der Waals surface area contributed by atoms with Crippen molar-refractivity contribution in [3.63, 3.8) is 0 Å². The average Bonchev–Trinajstić information content (AvgIpc) is 2.88. The number of anilines is 2. The molecule has 0 aliphatic carbocycles. The molecule has 2 aromatic heterocycles. The third-order valence-corrected chi connectivity index (χ3v) is 5.47. The van der Waals surface area contributed by atoms with Gasteiger partial charge in [-0.05, 0) is 48.0 Å². The number of amides is 1. The molecule has 1 amide bonds. The fourth-order valence-corrected chi connectivity index (χ4v) is 3.55. The Morgan fingerprint density at radius 3 is 2.29 bits per heavy atom. The van der Waals surface area contributed by atoms with Crippen molar-refractivity contribution in [2.75, 3.05) is 12.4 Å². The number of benzene rings is 2. The molecule has 0 radical (unpaired) electrons. The van der Waals surface area contributed by atoms with Gasteiger partial charge in [0.1, 0.15) is 5.75 Å². The average molecular weight is 528 g/mol. The number of methoxy groups -OCH3 is 1. The first-order chi connectivity index (χ1) is 18.1. The van der Waals surface area contributed by atoms with E-state index in [1.54, 1.807) is 24.3 Å². The Labute approximate surface area is 211 Å².